The van der Waals surface area contributed by atoms with Gasteiger partial charge >= 0.3 is 12.3 Å². The minimum absolute atomic E-state index is 0.135. The molecule has 170 valence electrons. The van der Waals surface area contributed by atoms with E-state index in [4.69, 9.17) is 0 Å². The summed E-state index contributed by atoms with van der Waals surface area (Å²) in [4.78, 5) is 25.3. The first-order valence-electron chi connectivity index (χ1n) is 9.86. The minimum atomic E-state index is -4.41. The zero-order valence-electron chi connectivity index (χ0n) is 17.5. The summed E-state index contributed by atoms with van der Waals surface area (Å²) in [7, 11) is 0. The van der Waals surface area contributed by atoms with E-state index in [1.54, 1.807) is 25.1 Å². The van der Waals surface area contributed by atoms with E-state index in [0.717, 1.165) is 10.2 Å². The second kappa shape index (κ2) is 9.25. The van der Waals surface area contributed by atoms with Crippen LogP contribution in [0.2, 0.25) is 0 Å². The molecule has 0 radical (unpaired) electrons. The minimum Gasteiger partial charge on any atom is -0.465 e. The van der Waals surface area contributed by atoms with Crippen LogP contribution < -0.4 is 10.3 Å². The first kappa shape index (κ1) is 23.0. The maximum absolute atomic E-state index is 12.6. The smallest absolute Gasteiger partial charge is 0.411 e. The van der Waals surface area contributed by atoms with Gasteiger partial charge in [-0.15, -0.1) is 0 Å². The van der Waals surface area contributed by atoms with Gasteiger partial charge in [-0.2, -0.15) is 23.4 Å². The molecule has 3 aromatic rings. The highest BCUT2D eigenvalue weighted by molar-refractivity contribution is 5.87. The highest BCUT2D eigenvalue weighted by Gasteiger charge is 2.28. The number of hydrogen-bond acceptors (Lipinski definition) is 4. The van der Waals surface area contributed by atoms with Crippen LogP contribution in [0.4, 0.5) is 23.7 Å². The lowest BCUT2D eigenvalue weighted by Crippen LogP contribution is -2.30. The van der Waals surface area contributed by atoms with Gasteiger partial charge in [-0.05, 0) is 30.5 Å². The van der Waals surface area contributed by atoms with Crippen molar-refractivity contribution < 1.29 is 23.1 Å². The van der Waals surface area contributed by atoms with Crippen molar-refractivity contribution in [3.05, 3.63) is 69.9 Å². The lowest BCUT2D eigenvalue weighted by Gasteiger charge is -2.22. The van der Waals surface area contributed by atoms with E-state index in [2.05, 4.69) is 10.2 Å². The Morgan fingerprint density at radius 1 is 1.25 bits per heavy atom. The van der Waals surface area contributed by atoms with Gasteiger partial charge in [0, 0.05) is 25.2 Å². The molecule has 0 unspecified atom stereocenters. The molecule has 3 rings (SSSR count). The summed E-state index contributed by atoms with van der Waals surface area (Å²) in [5.74, 6) is 0. The number of amides is 1. The fraction of sp³-hybridized carbons (Fsp3) is 0.333. The van der Waals surface area contributed by atoms with Crippen molar-refractivity contribution in [1.82, 2.24) is 19.6 Å². The Bertz CT molecular complexity index is 1170. The second-order valence-corrected chi connectivity index (χ2v) is 7.25. The van der Waals surface area contributed by atoms with Crippen LogP contribution in [0.25, 0.3) is 5.69 Å². The van der Waals surface area contributed by atoms with E-state index in [9.17, 15) is 27.9 Å². The summed E-state index contributed by atoms with van der Waals surface area (Å²) in [5.41, 5.74) is 2.08. The van der Waals surface area contributed by atoms with E-state index < -0.39 is 18.8 Å². The highest BCUT2D eigenvalue weighted by atomic mass is 19.4. The molecule has 1 N–H and O–H groups in total. The van der Waals surface area contributed by atoms with Gasteiger partial charge < -0.3 is 5.11 Å². The van der Waals surface area contributed by atoms with Crippen molar-refractivity contribution in [3.63, 3.8) is 0 Å². The third kappa shape index (κ3) is 5.34. The third-order valence-electron chi connectivity index (χ3n) is 4.85. The number of alkyl halides is 3. The molecule has 1 amide bonds. The van der Waals surface area contributed by atoms with E-state index >= 15 is 0 Å². The largest absolute Gasteiger partial charge is 0.465 e. The van der Waals surface area contributed by atoms with E-state index in [1.165, 1.54) is 34.2 Å². The van der Waals surface area contributed by atoms with Crippen molar-refractivity contribution in [3.8, 4) is 5.69 Å². The molecule has 0 saturated heterocycles. The maximum atomic E-state index is 12.6. The molecule has 32 heavy (non-hydrogen) atoms. The van der Waals surface area contributed by atoms with Crippen LogP contribution in [0.3, 0.4) is 0 Å². The Hall–Kier alpha value is -3.63. The predicted molar refractivity (Wildman–Crippen MR) is 111 cm³/mol. The molecule has 8 nitrogen and oxygen atoms in total. The lowest BCUT2D eigenvalue weighted by molar-refractivity contribution is -0.142. The highest BCUT2D eigenvalue weighted by Crippen LogP contribution is 2.25. The maximum Gasteiger partial charge on any atom is 0.411 e. The molecule has 1 aromatic carbocycles. The zero-order valence-corrected chi connectivity index (χ0v) is 17.5. The molecule has 0 bridgehead atoms. The van der Waals surface area contributed by atoms with Crippen LogP contribution in [-0.4, -0.2) is 43.5 Å². The number of carboxylic acid groups (broad SMARTS) is 1. The number of carbonyl (C=O) groups is 1. The second-order valence-electron chi connectivity index (χ2n) is 7.25. The van der Waals surface area contributed by atoms with Gasteiger partial charge in [0.2, 0.25) is 5.43 Å². The van der Waals surface area contributed by atoms with Crippen LogP contribution in [0.1, 0.15) is 30.2 Å². The number of hydrogen-bond donors (Lipinski definition) is 1. The van der Waals surface area contributed by atoms with E-state index in [1.807, 2.05) is 6.92 Å². The number of nitrogens with zero attached hydrogens (tertiary/aromatic N) is 5. The van der Waals surface area contributed by atoms with E-state index in [0.29, 0.717) is 24.2 Å². The molecule has 0 aliphatic heterocycles. The molecule has 0 aliphatic rings. The van der Waals surface area contributed by atoms with Crippen molar-refractivity contribution in [2.75, 3.05) is 11.4 Å². The number of anilines is 1. The number of benzene rings is 1. The molecule has 0 saturated carbocycles. The molecular weight excluding hydrogens is 427 g/mol. The Labute approximate surface area is 181 Å². The fourth-order valence-corrected chi connectivity index (χ4v) is 3.33. The van der Waals surface area contributed by atoms with Crippen molar-refractivity contribution in [2.24, 2.45) is 0 Å². The number of halogens is 3. The van der Waals surface area contributed by atoms with Gasteiger partial charge in [0.05, 0.1) is 18.1 Å². The van der Waals surface area contributed by atoms with Crippen LogP contribution in [0.5, 0.6) is 0 Å². The molecule has 2 aromatic heterocycles. The molecule has 0 aliphatic carbocycles. The van der Waals surface area contributed by atoms with Gasteiger partial charge in [0.15, 0.2) is 0 Å². The van der Waals surface area contributed by atoms with E-state index in [-0.39, 0.29) is 23.2 Å². The van der Waals surface area contributed by atoms with Crippen LogP contribution >= 0.6 is 0 Å². The Morgan fingerprint density at radius 3 is 2.66 bits per heavy atom. The summed E-state index contributed by atoms with van der Waals surface area (Å²) in [5, 5.41) is 17.5. The van der Waals surface area contributed by atoms with Crippen molar-refractivity contribution >= 4 is 11.8 Å². The van der Waals surface area contributed by atoms with Gasteiger partial charge in [0.1, 0.15) is 17.9 Å². The average molecular weight is 449 g/mol. The quantitative estimate of drug-likeness (QED) is 0.593. The zero-order chi connectivity index (χ0) is 23.5. The monoisotopic (exact) mass is 449 g/mol. The van der Waals surface area contributed by atoms with Gasteiger partial charge in [0.25, 0.3) is 0 Å². The van der Waals surface area contributed by atoms with Crippen LogP contribution in [0.15, 0.2) is 47.7 Å². The topological polar surface area (TPSA) is 93.2 Å². The summed E-state index contributed by atoms with van der Waals surface area (Å²) >= 11 is 0. The summed E-state index contributed by atoms with van der Waals surface area (Å²) in [6.45, 7) is 2.75. The van der Waals surface area contributed by atoms with Gasteiger partial charge in [-0.1, -0.05) is 19.1 Å². The average Bonchev–Trinajstić information content (AvgIpc) is 3.16. The molecule has 11 heteroatoms. The lowest BCUT2D eigenvalue weighted by atomic mass is 10.0. The Balaban J connectivity index is 1.92. The Morgan fingerprint density at radius 2 is 2.00 bits per heavy atom. The molecule has 0 atom stereocenters. The normalized spacial score (nSPS) is 11.5. The number of aromatic nitrogens is 4. The van der Waals surface area contributed by atoms with Crippen LogP contribution in [-0.2, 0) is 13.0 Å². The first-order valence-corrected chi connectivity index (χ1v) is 9.86. The fourth-order valence-electron chi connectivity index (χ4n) is 3.33. The number of rotatable bonds is 7. The molecule has 0 fully saturated rings. The summed E-state index contributed by atoms with van der Waals surface area (Å²) in [6, 6.07) is 6.48. The van der Waals surface area contributed by atoms with Gasteiger partial charge in [-0.25, -0.2) is 9.48 Å². The predicted octanol–water partition coefficient (Wildman–Crippen LogP) is 3.78. The molecule has 2 heterocycles. The van der Waals surface area contributed by atoms with Crippen molar-refractivity contribution in [1.29, 1.82) is 0 Å². The summed E-state index contributed by atoms with van der Waals surface area (Å²) < 4.78 is 39.8. The standard InChI is InChI=1S/C21H22F3N5O3/c1-3-8-28(20(31)32)18-6-4-5-15(14(18)2)10-17-19(30)7-9-29(26-17)16-11-25-27(12-16)13-21(22,23)24/h4-7,9,11-12H,3,8,10,13H2,1-2H3,(H,31,32). The molecule has 0 spiro atoms. The molecular formula is C21H22F3N5O3. The van der Waals surface area contributed by atoms with Crippen LogP contribution in [0, 0.1) is 6.92 Å². The Kier molecular flexibility index (Phi) is 6.66. The third-order valence-corrected chi connectivity index (χ3v) is 4.85. The SMILES string of the molecule is CCCN(C(=O)O)c1cccc(Cc2nn(-c3cnn(CC(F)(F)F)c3)ccc2=O)c1C. The first-order chi connectivity index (χ1) is 15.1. The van der Waals surface area contributed by atoms with Gasteiger partial charge in [-0.3, -0.25) is 14.4 Å². The summed E-state index contributed by atoms with van der Waals surface area (Å²) in [6.07, 6.45) is -0.918. The van der Waals surface area contributed by atoms with Crippen molar-refractivity contribution in [2.45, 2.75) is 39.4 Å².